The van der Waals surface area contributed by atoms with Gasteiger partial charge < -0.3 is 16.6 Å². The highest BCUT2D eigenvalue weighted by Crippen LogP contribution is 2.05. The SMILES string of the molecule is NC(N)=N/N=C/c1ccccc1C(=O)O. The molecule has 0 fully saturated rings. The van der Waals surface area contributed by atoms with Gasteiger partial charge in [-0.3, -0.25) is 0 Å². The van der Waals surface area contributed by atoms with Crippen LogP contribution >= 0.6 is 0 Å². The van der Waals surface area contributed by atoms with E-state index in [1.54, 1.807) is 18.2 Å². The molecule has 0 aromatic heterocycles. The van der Waals surface area contributed by atoms with Crippen LogP contribution in [0.4, 0.5) is 0 Å². The van der Waals surface area contributed by atoms with Crippen LogP contribution in [0.3, 0.4) is 0 Å². The van der Waals surface area contributed by atoms with Gasteiger partial charge in [0, 0.05) is 5.56 Å². The summed E-state index contributed by atoms with van der Waals surface area (Å²) in [4.78, 5) is 10.8. The standard InChI is InChI=1S/C9H10N4O2/c10-9(11)13-12-5-6-3-1-2-4-7(6)8(14)15/h1-5H,(H,14,15)(H4,10,11,13)/b12-5+. The summed E-state index contributed by atoms with van der Waals surface area (Å²) in [6.07, 6.45) is 1.28. The first-order valence-electron chi connectivity index (χ1n) is 4.05. The molecule has 1 aromatic carbocycles. The van der Waals surface area contributed by atoms with Crippen molar-refractivity contribution in [2.45, 2.75) is 0 Å². The monoisotopic (exact) mass is 206 g/mol. The lowest BCUT2D eigenvalue weighted by Gasteiger charge is -1.97. The number of benzene rings is 1. The van der Waals surface area contributed by atoms with E-state index in [0.717, 1.165) is 0 Å². The number of hydrogen-bond donors (Lipinski definition) is 3. The number of nitrogens with zero attached hydrogens (tertiary/aromatic N) is 2. The predicted octanol–water partition coefficient (Wildman–Crippen LogP) is -0.00790. The molecule has 0 saturated carbocycles. The van der Waals surface area contributed by atoms with Gasteiger partial charge in [-0.2, -0.15) is 5.10 Å². The molecular weight excluding hydrogens is 196 g/mol. The van der Waals surface area contributed by atoms with Gasteiger partial charge in [0.15, 0.2) is 0 Å². The summed E-state index contributed by atoms with van der Waals surface area (Å²) in [7, 11) is 0. The summed E-state index contributed by atoms with van der Waals surface area (Å²) in [5.74, 6) is -1.21. The quantitative estimate of drug-likeness (QED) is 0.366. The van der Waals surface area contributed by atoms with E-state index < -0.39 is 5.97 Å². The van der Waals surface area contributed by atoms with Gasteiger partial charge in [0.2, 0.25) is 5.96 Å². The molecular formula is C9H10N4O2. The van der Waals surface area contributed by atoms with Gasteiger partial charge in [0.1, 0.15) is 0 Å². The lowest BCUT2D eigenvalue weighted by Crippen LogP contribution is -2.21. The molecule has 0 radical (unpaired) electrons. The fourth-order valence-corrected chi connectivity index (χ4v) is 0.962. The van der Waals surface area contributed by atoms with Crippen LogP contribution in [0.15, 0.2) is 34.5 Å². The Bertz CT molecular complexity index is 422. The smallest absolute Gasteiger partial charge is 0.336 e. The molecule has 0 unspecified atom stereocenters. The van der Waals surface area contributed by atoms with E-state index in [1.165, 1.54) is 12.3 Å². The van der Waals surface area contributed by atoms with Crippen LogP contribution in [-0.2, 0) is 0 Å². The minimum absolute atomic E-state index is 0.145. The highest BCUT2D eigenvalue weighted by Gasteiger charge is 2.06. The molecule has 6 nitrogen and oxygen atoms in total. The summed E-state index contributed by atoms with van der Waals surface area (Å²) < 4.78 is 0. The Labute approximate surface area is 85.9 Å². The lowest BCUT2D eigenvalue weighted by atomic mass is 10.1. The number of guanidine groups is 1. The molecule has 5 N–H and O–H groups in total. The van der Waals surface area contributed by atoms with Gasteiger partial charge in [0.25, 0.3) is 0 Å². The average molecular weight is 206 g/mol. The minimum atomic E-state index is -1.03. The molecule has 15 heavy (non-hydrogen) atoms. The van der Waals surface area contributed by atoms with Crippen molar-refractivity contribution in [1.82, 2.24) is 0 Å². The maximum absolute atomic E-state index is 10.8. The molecule has 0 aliphatic heterocycles. The molecule has 78 valence electrons. The number of carboxylic acids is 1. The Hall–Kier alpha value is -2.37. The zero-order valence-electron chi connectivity index (χ0n) is 7.79. The molecule has 0 amide bonds. The van der Waals surface area contributed by atoms with Crippen molar-refractivity contribution in [2.24, 2.45) is 21.7 Å². The molecule has 0 saturated heterocycles. The Morgan fingerprint density at radius 2 is 2.00 bits per heavy atom. The van der Waals surface area contributed by atoms with E-state index in [2.05, 4.69) is 10.2 Å². The number of rotatable bonds is 3. The number of nitrogens with two attached hydrogens (primary N) is 2. The average Bonchev–Trinajstić information content (AvgIpc) is 2.17. The second-order valence-corrected chi connectivity index (χ2v) is 2.66. The molecule has 1 rings (SSSR count). The Morgan fingerprint density at radius 3 is 2.60 bits per heavy atom. The predicted molar refractivity (Wildman–Crippen MR) is 56.8 cm³/mol. The van der Waals surface area contributed by atoms with Crippen molar-refractivity contribution >= 4 is 18.1 Å². The number of carboxylic acid groups (broad SMARTS) is 1. The van der Waals surface area contributed by atoms with Crippen molar-refractivity contribution in [2.75, 3.05) is 0 Å². The van der Waals surface area contributed by atoms with Crippen LogP contribution < -0.4 is 11.5 Å². The second kappa shape index (κ2) is 4.75. The topological polar surface area (TPSA) is 114 Å². The van der Waals surface area contributed by atoms with Crippen LogP contribution in [0.5, 0.6) is 0 Å². The molecule has 0 spiro atoms. The zero-order valence-corrected chi connectivity index (χ0v) is 7.79. The molecule has 0 atom stereocenters. The van der Waals surface area contributed by atoms with E-state index in [0.29, 0.717) is 5.56 Å². The Kier molecular flexibility index (Phi) is 3.39. The first kappa shape index (κ1) is 10.7. The van der Waals surface area contributed by atoms with Gasteiger partial charge >= 0.3 is 5.97 Å². The summed E-state index contributed by atoms with van der Waals surface area (Å²) in [5.41, 5.74) is 10.7. The van der Waals surface area contributed by atoms with Crippen LogP contribution in [0, 0.1) is 0 Å². The number of carbonyl (C=O) groups is 1. The number of hydrogen-bond acceptors (Lipinski definition) is 3. The van der Waals surface area contributed by atoms with E-state index in [1.807, 2.05) is 0 Å². The Balaban J connectivity index is 2.99. The number of aromatic carboxylic acids is 1. The molecule has 1 aromatic rings. The third-order valence-corrected chi connectivity index (χ3v) is 1.56. The summed E-state index contributed by atoms with van der Waals surface area (Å²) in [6.45, 7) is 0. The second-order valence-electron chi connectivity index (χ2n) is 2.66. The minimum Gasteiger partial charge on any atom is -0.478 e. The molecule has 0 bridgehead atoms. The van der Waals surface area contributed by atoms with E-state index in [4.69, 9.17) is 16.6 Å². The van der Waals surface area contributed by atoms with Crippen LogP contribution in [0.1, 0.15) is 15.9 Å². The normalized spacial score (nSPS) is 10.1. The highest BCUT2D eigenvalue weighted by atomic mass is 16.4. The lowest BCUT2D eigenvalue weighted by molar-refractivity contribution is 0.0697. The van der Waals surface area contributed by atoms with Crippen LogP contribution in [-0.4, -0.2) is 23.2 Å². The van der Waals surface area contributed by atoms with Gasteiger partial charge in [0.05, 0.1) is 11.8 Å². The van der Waals surface area contributed by atoms with Crippen molar-refractivity contribution < 1.29 is 9.90 Å². The van der Waals surface area contributed by atoms with Gasteiger partial charge in [-0.05, 0) is 6.07 Å². The van der Waals surface area contributed by atoms with E-state index >= 15 is 0 Å². The van der Waals surface area contributed by atoms with E-state index in [9.17, 15) is 4.79 Å². The molecule has 0 aliphatic rings. The third-order valence-electron chi connectivity index (χ3n) is 1.56. The molecule has 0 heterocycles. The molecule has 0 aliphatic carbocycles. The van der Waals surface area contributed by atoms with Gasteiger partial charge in [-0.15, -0.1) is 5.10 Å². The summed E-state index contributed by atoms with van der Waals surface area (Å²) in [5, 5.41) is 15.7. The largest absolute Gasteiger partial charge is 0.478 e. The van der Waals surface area contributed by atoms with Crippen LogP contribution in [0.2, 0.25) is 0 Å². The summed E-state index contributed by atoms with van der Waals surface area (Å²) in [6, 6.07) is 6.40. The maximum Gasteiger partial charge on any atom is 0.336 e. The Morgan fingerprint density at radius 1 is 1.33 bits per heavy atom. The fourth-order valence-electron chi connectivity index (χ4n) is 0.962. The third kappa shape index (κ3) is 3.11. The van der Waals surface area contributed by atoms with Gasteiger partial charge in [-0.1, -0.05) is 18.2 Å². The van der Waals surface area contributed by atoms with Crippen LogP contribution in [0.25, 0.3) is 0 Å². The summed E-state index contributed by atoms with van der Waals surface area (Å²) >= 11 is 0. The first-order valence-corrected chi connectivity index (χ1v) is 4.05. The maximum atomic E-state index is 10.8. The van der Waals surface area contributed by atoms with Crippen molar-refractivity contribution in [3.05, 3.63) is 35.4 Å². The van der Waals surface area contributed by atoms with Crippen molar-refractivity contribution in [3.63, 3.8) is 0 Å². The van der Waals surface area contributed by atoms with Crippen molar-refractivity contribution in [3.8, 4) is 0 Å². The van der Waals surface area contributed by atoms with Crippen molar-refractivity contribution in [1.29, 1.82) is 0 Å². The first-order chi connectivity index (χ1) is 7.11. The molecule has 6 heteroatoms. The highest BCUT2D eigenvalue weighted by molar-refractivity contribution is 5.98. The van der Waals surface area contributed by atoms with E-state index in [-0.39, 0.29) is 11.5 Å². The fraction of sp³-hybridized carbons (Fsp3) is 0. The zero-order chi connectivity index (χ0) is 11.3. The van der Waals surface area contributed by atoms with Gasteiger partial charge in [-0.25, -0.2) is 4.79 Å².